The standard InChI is InChI=1S/C42H50O16P2.H3N.15H2/c1-3-5-7-9-11-13-15-17-19-20-22-24-26-28-30-35(43)54-32-34(56-36(44)31-29-27-25-23-21-18-16-14-12-10-8-6-4-2)33-55-60(52,53)58-42-39(47)37(45)38(46)41(40(42)48)57-59(49,50)51;;;;;;;;;;;;;;;;/h1,34,37-42,45-48H,4,6,8,10,12,14,16,18,21,23,25,27,29,31-33H2,2H3,(H,52,53)(H2,49,50,51);1H3;15*1H/t34-,37?,38-,39+,40?,41-,42?;;;;;;;;;;;;;;;;/m1................/s1. The van der Waals surface area contributed by atoms with Crippen LogP contribution >= 0.6 is 15.6 Å². The fraction of sp³-hybridized carbons (Fsp3) is 0.571. The predicted octanol–water partition coefficient (Wildman–Crippen LogP) is 5.87. The third kappa shape index (κ3) is 27.8. The second-order valence-corrected chi connectivity index (χ2v) is 15.6. The molecule has 1 rings (SSSR count). The number of carbonyl (C=O) groups excluding carboxylic acids is 2. The number of rotatable bonds is 24. The number of unbranched alkanes of at least 4 members (excludes halogenated alkanes) is 12. The lowest BCUT2D eigenvalue weighted by atomic mass is 9.85. The highest BCUT2D eigenvalue weighted by Gasteiger charge is 2.54. The Hall–Kier alpha value is -4.56. The minimum atomic E-state index is -5.40. The van der Waals surface area contributed by atoms with E-state index in [-0.39, 0.29) is 34.0 Å². The van der Waals surface area contributed by atoms with E-state index in [1.165, 1.54) is 44.9 Å². The molecule has 8 atom stereocenters. The predicted molar refractivity (Wildman–Crippen MR) is 253 cm³/mol. The monoisotopic (exact) mass is 920 g/mol. The van der Waals surface area contributed by atoms with Crippen LogP contribution in [0.15, 0.2) is 0 Å². The van der Waals surface area contributed by atoms with Crippen LogP contribution in [0.4, 0.5) is 0 Å². The normalized spacial score (nSPS) is 20.0. The fourth-order valence-corrected chi connectivity index (χ4v) is 6.81. The Labute approximate surface area is 380 Å². The highest BCUT2D eigenvalue weighted by molar-refractivity contribution is 7.47. The van der Waals surface area contributed by atoms with Crippen molar-refractivity contribution in [2.24, 2.45) is 0 Å². The molecule has 1 saturated carbocycles. The minimum Gasteiger partial charge on any atom is -0.456 e. The van der Waals surface area contributed by atoms with Crippen molar-refractivity contribution in [3.63, 3.8) is 0 Å². The first-order valence-corrected chi connectivity index (χ1v) is 22.1. The quantitative estimate of drug-likeness (QED) is 0.0185. The molecule has 17 nitrogen and oxygen atoms in total. The maximum atomic E-state index is 12.9. The number of esters is 2. The molecular formula is C42H83NO16P2. The van der Waals surface area contributed by atoms with Gasteiger partial charge in [0.1, 0.15) is 43.2 Å². The van der Waals surface area contributed by atoms with Crippen LogP contribution in [0.1, 0.15) is 118 Å². The van der Waals surface area contributed by atoms with Crippen LogP contribution < -0.4 is 6.15 Å². The number of phosphoric ester groups is 2. The van der Waals surface area contributed by atoms with E-state index in [9.17, 15) is 44.0 Å². The first kappa shape index (κ1) is 56.4. The van der Waals surface area contributed by atoms with Gasteiger partial charge in [-0.2, -0.15) is 0 Å². The SMILES string of the molecule is C#CC#CC#CC#CC#CC#CC#CC#CC(=O)OC[C@H](COP(=O)(O)OC1C(O)[C@H](OP(=O)(O)O)[C@H](O)C(O)[C@@H]1O)OC(=O)CCCCCCCCCCCCCCC.N.[HH].[HH].[HH].[HH].[HH].[HH].[HH].[HH].[HH].[HH].[HH].[HH].[HH].[HH].[HH]. The topological polar surface area (TPSA) is 291 Å². The molecule has 1 aliphatic carbocycles. The highest BCUT2D eigenvalue weighted by atomic mass is 31.2. The van der Waals surface area contributed by atoms with E-state index in [0.717, 1.165) is 32.1 Å². The van der Waals surface area contributed by atoms with Crippen LogP contribution in [0.3, 0.4) is 0 Å². The van der Waals surface area contributed by atoms with Crippen molar-refractivity contribution in [2.45, 2.75) is 140 Å². The van der Waals surface area contributed by atoms with Gasteiger partial charge in [0, 0.05) is 33.7 Å². The van der Waals surface area contributed by atoms with E-state index >= 15 is 0 Å². The van der Waals surface area contributed by atoms with Gasteiger partial charge in [-0.25, -0.2) is 13.9 Å². The second kappa shape index (κ2) is 33.1. The number of aliphatic hydroxyl groups excluding tert-OH is 4. The summed E-state index contributed by atoms with van der Waals surface area (Å²) in [7, 11) is -10.8. The fourth-order valence-electron chi connectivity index (χ4n) is 5.27. The summed E-state index contributed by atoms with van der Waals surface area (Å²) < 4.78 is 48.5. The molecule has 0 heterocycles. The molecule has 10 N–H and O–H groups in total. The van der Waals surface area contributed by atoms with Crippen LogP contribution in [0.25, 0.3) is 0 Å². The molecule has 0 bridgehead atoms. The van der Waals surface area contributed by atoms with Crippen LogP contribution in [-0.2, 0) is 41.8 Å². The molecule has 0 aromatic carbocycles. The zero-order valence-electron chi connectivity index (χ0n) is 33.8. The Morgan fingerprint density at radius 2 is 1.03 bits per heavy atom. The summed E-state index contributed by atoms with van der Waals surface area (Å²) in [5, 5.41) is 41.0. The van der Waals surface area contributed by atoms with E-state index in [1.54, 1.807) is 0 Å². The third-order valence-electron chi connectivity index (χ3n) is 8.15. The Balaban J connectivity index is -0.000000161. The van der Waals surface area contributed by atoms with Crippen molar-refractivity contribution >= 4 is 27.6 Å². The first-order chi connectivity index (χ1) is 28.6. The van der Waals surface area contributed by atoms with E-state index < -0.39 is 83.5 Å². The van der Waals surface area contributed by atoms with Gasteiger partial charge in [0.05, 0.1) is 6.61 Å². The summed E-state index contributed by atoms with van der Waals surface area (Å²) in [6.45, 7) is 0.497. The lowest BCUT2D eigenvalue weighted by Crippen LogP contribution is -2.64. The summed E-state index contributed by atoms with van der Waals surface area (Å²) in [6.07, 6.45) is 3.74. The molecule has 0 saturated heterocycles. The molecule has 362 valence electrons. The summed E-state index contributed by atoms with van der Waals surface area (Å²) >= 11 is 0. The summed E-state index contributed by atoms with van der Waals surface area (Å²) in [6, 6.07) is 0. The van der Waals surface area contributed by atoms with Crippen LogP contribution in [0.2, 0.25) is 0 Å². The Bertz CT molecular complexity index is 2040. The van der Waals surface area contributed by atoms with Crippen molar-refractivity contribution < 1.29 is 98.3 Å². The van der Waals surface area contributed by atoms with Gasteiger partial charge < -0.3 is 50.7 Å². The average Bonchev–Trinajstić information content (AvgIpc) is 3.20. The van der Waals surface area contributed by atoms with Crippen LogP contribution in [0, 0.1) is 95.2 Å². The number of carbonyl (C=O) groups is 2. The van der Waals surface area contributed by atoms with Crippen molar-refractivity contribution in [1.29, 1.82) is 0 Å². The van der Waals surface area contributed by atoms with E-state index in [2.05, 4.69) is 94.3 Å². The van der Waals surface area contributed by atoms with E-state index in [0.29, 0.717) is 6.42 Å². The Kier molecular flexibility index (Phi) is 30.6. The van der Waals surface area contributed by atoms with Crippen LogP contribution in [0.5, 0.6) is 0 Å². The van der Waals surface area contributed by atoms with Gasteiger partial charge in [-0.05, 0) is 89.3 Å². The molecule has 0 radical (unpaired) electrons. The van der Waals surface area contributed by atoms with Crippen molar-refractivity contribution in [3.8, 4) is 95.2 Å². The summed E-state index contributed by atoms with van der Waals surface area (Å²) in [5.41, 5.74) is 0. The Morgan fingerprint density at radius 1 is 0.607 bits per heavy atom. The number of hydrogen-bond donors (Lipinski definition) is 8. The van der Waals surface area contributed by atoms with Crippen molar-refractivity contribution in [2.75, 3.05) is 13.2 Å². The van der Waals surface area contributed by atoms with Crippen molar-refractivity contribution in [3.05, 3.63) is 0 Å². The molecule has 19 heteroatoms. The number of hydrogen-bond acceptors (Lipinski definition) is 14. The first-order valence-electron chi connectivity index (χ1n) is 19.1. The molecule has 1 aliphatic rings. The van der Waals surface area contributed by atoms with Gasteiger partial charge in [-0.1, -0.05) is 84.0 Å². The lowest BCUT2D eigenvalue weighted by molar-refractivity contribution is -0.216. The minimum absolute atomic E-state index is 0. The van der Waals surface area contributed by atoms with E-state index in [1.807, 2.05) is 5.92 Å². The van der Waals surface area contributed by atoms with Gasteiger partial charge in [0.25, 0.3) is 0 Å². The summed E-state index contributed by atoms with van der Waals surface area (Å²) in [4.78, 5) is 53.6. The molecule has 0 aromatic rings. The van der Waals surface area contributed by atoms with Crippen LogP contribution in [-0.4, -0.2) is 103 Å². The molecule has 61 heavy (non-hydrogen) atoms. The molecule has 4 unspecified atom stereocenters. The number of ether oxygens (including phenoxy) is 2. The van der Waals surface area contributed by atoms with Gasteiger partial charge in [0.2, 0.25) is 0 Å². The number of aliphatic hydroxyl groups is 4. The number of phosphoric acid groups is 2. The Morgan fingerprint density at radius 3 is 1.49 bits per heavy atom. The van der Waals surface area contributed by atoms with Gasteiger partial charge in [-0.15, -0.1) is 6.42 Å². The van der Waals surface area contributed by atoms with E-state index in [4.69, 9.17) is 34.7 Å². The molecule has 1 fully saturated rings. The maximum Gasteiger partial charge on any atom is 0.472 e. The van der Waals surface area contributed by atoms with Gasteiger partial charge >= 0.3 is 27.6 Å². The molecule has 0 spiro atoms. The molecular weight excluding hydrogens is 836 g/mol. The third-order valence-corrected chi connectivity index (χ3v) is 9.66. The summed E-state index contributed by atoms with van der Waals surface area (Å²) in [5.74, 6) is 32.8. The lowest BCUT2D eigenvalue weighted by Gasteiger charge is -2.43. The molecule has 0 amide bonds. The van der Waals surface area contributed by atoms with Crippen molar-refractivity contribution in [1.82, 2.24) is 6.15 Å². The zero-order chi connectivity index (χ0) is 44.7. The van der Waals surface area contributed by atoms with Gasteiger partial charge in [0.15, 0.2) is 6.10 Å². The van der Waals surface area contributed by atoms with Gasteiger partial charge in [-0.3, -0.25) is 18.4 Å². The zero-order valence-corrected chi connectivity index (χ0v) is 35.6. The maximum absolute atomic E-state index is 12.9. The largest absolute Gasteiger partial charge is 0.472 e. The second-order valence-electron chi connectivity index (χ2n) is 13.0. The molecule has 0 aliphatic heterocycles. The highest BCUT2D eigenvalue weighted by Crippen LogP contribution is 2.49. The molecule has 0 aromatic heterocycles. The smallest absolute Gasteiger partial charge is 0.456 e. The number of terminal acetylenes is 1. The average molecular weight is 920 g/mol.